The van der Waals surface area contributed by atoms with E-state index >= 15 is 0 Å². The fraction of sp³-hybridized carbons (Fsp3) is 0.409. The largest absolute Gasteiger partial charge is 0.352 e. The van der Waals surface area contributed by atoms with Gasteiger partial charge in [-0.3, -0.25) is 4.79 Å². The topological polar surface area (TPSA) is 70.9 Å². The molecule has 3 rings (SSSR count). The summed E-state index contributed by atoms with van der Waals surface area (Å²) < 4.78 is 0. The van der Waals surface area contributed by atoms with E-state index < -0.39 is 0 Å². The summed E-state index contributed by atoms with van der Waals surface area (Å²) in [7, 11) is 1.97. The van der Waals surface area contributed by atoms with E-state index in [0.717, 1.165) is 49.5 Å². The SMILES string of the molecule is CNCCCCCN.O=Cc1cc2ccc(CC3=CC=CCC3)cc2[nH]1. The van der Waals surface area contributed by atoms with E-state index in [2.05, 4.69) is 46.7 Å². The van der Waals surface area contributed by atoms with Crippen LogP contribution in [0.3, 0.4) is 0 Å². The maximum absolute atomic E-state index is 10.7. The molecule has 4 nitrogen and oxygen atoms in total. The molecule has 0 saturated heterocycles. The zero-order chi connectivity index (χ0) is 18.6. The van der Waals surface area contributed by atoms with Gasteiger partial charge in [0.25, 0.3) is 0 Å². The molecule has 1 aliphatic rings. The van der Waals surface area contributed by atoms with Gasteiger partial charge in [0.1, 0.15) is 0 Å². The minimum Gasteiger partial charge on any atom is -0.352 e. The van der Waals surface area contributed by atoms with E-state index in [-0.39, 0.29) is 0 Å². The molecule has 2 aromatic rings. The average Bonchev–Trinajstić information content (AvgIpc) is 3.09. The summed E-state index contributed by atoms with van der Waals surface area (Å²) in [5, 5.41) is 4.18. The van der Waals surface area contributed by atoms with E-state index in [4.69, 9.17) is 5.73 Å². The Labute approximate surface area is 156 Å². The minimum absolute atomic E-state index is 0.641. The van der Waals surface area contributed by atoms with Crippen LogP contribution in [0.1, 0.15) is 48.2 Å². The summed E-state index contributed by atoms with van der Waals surface area (Å²) in [6.07, 6.45) is 14.4. The average molecular weight is 354 g/mol. The third kappa shape index (κ3) is 6.62. The first-order valence-corrected chi connectivity index (χ1v) is 9.53. The molecule has 0 amide bonds. The zero-order valence-corrected chi connectivity index (χ0v) is 15.8. The number of benzene rings is 1. The van der Waals surface area contributed by atoms with Crippen LogP contribution in [0.4, 0.5) is 0 Å². The fourth-order valence-corrected chi connectivity index (χ4v) is 3.05. The summed E-state index contributed by atoms with van der Waals surface area (Å²) in [5.41, 5.74) is 9.74. The van der Waals surface area contributed by atoms with E-state index in [0.29, 0.717) is 5.69 Å². The Balaban J connectivity index is 0.000000260. The molecule has 0 unspecified atom stereocenters. The second-order valence-electron chi connectivity index (χ2n) is 6.69. The van der Waals surface area contributed by atoms with Crippen molar-refractivity contribution in [1.29, 1.82) is 0 Å². The zero-order valence-electron chi connectivity index (χ0n) is 15.8. The van der Waals surface area contributed by atoms with Crippen molar-refractivity contribution in [2.24, 2.45) is 5.73 Å². The Kier molecular flexibility index (Phi) is 8.87. The molecule has 4 heteroatoms. The molecule has 26 heavy (non-hydrogen) atoms. The highest BCUT2D eigenvalue weighted by atomic mass is 16.1. The molecule has 1 heterocycles. The summed E-state index contributed by atoms with van der Waals surface area (Å²) in [5.74, 6) is 0. The summed E-state index contributed by atoms with van der Waals surface area (Å²) in [6.45, 7) is 1.96. The van der Waals surface area contributed by atoms with E-state index in [9.17, 15) is 4.79 Å². The van der Waals surface area contributed by atoms with Gasteiger partial charge in [0.15, 0.2) is 6.29 Å². The highest BCUT2D eigenvalue weighted by molar-refractivity contribution is 5.88. The van der Waals surface area contributed by atoms with Gasteiger partial charge in [-0.1, -0.05) is 42.4 Å². The summed E-state index contributed by atoms with van der Waals surface area (Å²) in [4.78, 5) is 13.9. The van der Waals surface area contributed by atoms with Crippen molar-refractivity contribution in [1.82, 2.24) is 10.3 Å². The normalized spacial score (nSPS) is 13.2. The van der Waals surface area contributed by atoms with Crippen LogP contribution in [0.2, 0.25) is 0 Å². The van der Waals surface area contributed by atoms with Crippen molar-refractivity contribution in [2.45, 2.75) is 38.5 Å². The third-order valence-electron chi connectivity index (χ3n) is 4.50. The predicted octanol–water partition coefficient (Wildman–Crippen LogP) is 4.13. The number of hydrogen-bond acceptors (Lipinski definition) is 3. The number of allylic oxidation sites excluding steroid dienone is 4. The Morgan fingerprint density at radius 1 is 1.23 bits per heavy atom. The number of aromatic nitrogens is 1. The highest BCUT2D eigenvalue weighted by Gasteiger charge is 2.04. The standard InChI is InChI=1S/C16H15NO.C6H16N2/c18-11-15-10-14-7-6-13(9-16(14)17-15)8-12-4-2-1-3-5-12;1-8-6-4-2-3-5-7/h1-2,4,6-7,9-11,17H,3,5,8H2;8H,2-7H2,1H3. The molecule has 1 aromatic carbocycles. The first kappa shape index (κ1) is 20.1. The van der Waals surface area contributed by atoms with Crippen molar-refractivity contribution >= 4 is 17.2 Å². The van der Waals surface area contributed by atoms with E-state index in [1.54, 1.807) is 0 Å². The van der Waals surface area contributed by atoms with Crippen molar-refractivity contribution in [3.05, 3.63) is 59.3 Å². The minimum atomic E-state index is 0.641. The van der Waals surface area contributed by atoms with E-state index in [1.165, 1.54) is 30.4 Å². The van der Waals surface area contributed by atoms with Gasteiger partial charge >= 0.3 is 0 Å². The Hall–Kier alpha value is -2.17. The van der Waals surface area contributed by atoms with Gasteiger partial charge in [0.2, 0.25) is 0 Å². The van der Waals surface area contributed by atoms with Crippen LogP contribution in [-0.2, 0) is 6.42 Å². The molecule has 1 aromatic heterocycles. The first-order chi connectivity index (χ1) is 12.8. The van der Waals surface area contributed by atoms with Crippen LogP contribution in [0.15, 0.2) is 48.1 Å². The Bertz CT molecular complexity index is 737. The lowest BCUT2D eigenvalue weighted by molar-refractivity contribution is 0.112. The molecular weight excluding hydrogens is 322 g/mol. The molecule has 0 fully saturated rings. The highest BCUT2D eigenvalue weighted by Crippen LogP contribution is 2.21. The maximum atomic E-state index is 10.7. The number of H-pyrrole nitrogens is 1. The number of carbonyl (C=O) groups is 1. The summed E-state index contributed by atoms with van der Waals surface area (Å²) in [6, 6.07) is 8.24. The Morgan fingerprint density at radius 3 is 2.81 bits per heavy atom. The van der Waals surface area contributed by atoms with Gasteiger partial charge in [-0.05, 0) is 69.9 Å². The summed E-state index contributed by atoms with van der Waals surface area (Å²) >= 11 is 0. The smallest absolute Gasteiger partial charge is 0.166 e. The number of nitrogens with one attached hydrogen (secondary N) is 2. The van der Waals surface area contributed by atoms with Crippen molar-refractivity contribution in [2.75, 3.05) is 20.1 Å². The third-order valence-corrected chi connectivity index (χ3v) is 4.50. The number of carbonyl (C=O) groups excluding carboxylic acids is 1. The van der Waals surface area contributed by atoms with Crippen LogP contribution in [-0.4, -0.2) is 31.4 Å². The van der Waals surface area contributed by atoms with Gasteiger partial charge in [-0.15, -0.1) is 0 Å². The molecule has 1 aliphatic carbocycles. The fourth-order valence-electron chi connectivity index (χ4n) is 3.05. The number of aldehydes is 1. The number of aromatic amines is 1. The second-order valence-corrected chi connectivity index (χ2v) is 6.69. The van der Waals surface area contributed by atoms with Crippen LogP contribution >= 0.6 is 0 Å². The van der Waals surface area contributed by atoms with E-state index in [1.807, 2.05) is 13.1 Å². The molecular formula is C22H31N3O. The monoisotopic (exact) mass is 353 g/mol. The maximum Gasteiger partial charge on any atom is 0.166 e. The van der Waals surface area contributed by atoms with Crippen LogP contribution < -0.4 is 11.1 Å². The van der Waals surface area contributed by atoms with Crippen molar-refractivity contribution in [3.8, 4) is 0 Å². The van der Waals surface area contributed by atoms with Crippen LogP contribution in [0.25, 0.3) is 10.9 Å². The molecule has 0 bridgehead atoms. The molecule has 4 N–H and O–H groups in total. The second kappa shape index (κ2) is 11.4. The molecule has 0 atom stereocenters. The number of rotatable bonds is 8. The number of fused-ring (bicyclic) bond motifs is 1. The lowest BCUT2D eigenvalue weighted by atomic mass is 9.97. The van der Waals surface area contributed by atoms with Crippen molar-refractivity contribution < 1.29 is 4.79 Å². The van der Waals surface area contributed by atoms with Gasteiger partial charge in [0.05, 0.1) is 5.69 Å². The van der Waals surface area contributed by atoms with Crippen molar-refractivity contribution in [3.63, 3.8) is 0 Å². The molecule has 140 valence electrons. The molecule has 0 spiro atoms. The van der Waals surface area contributed by atoms with Crippen LogP contribution in [0, 0.1) is 0 Å². The molecule has 0 radical (unpaired) electrons. The predicted molar refractivity (Wildman–Crippen MR) is 111 cm³/mol. The van der Waals surface area contributed by atoms with Gasteiger partial charge in [-0.25, -0.2) is 0 Å². The number of unbranched alkanes of at least 4 members (excludes halogenated alkanes) is 2. The van der Waals surface area contributed by atoms with Gasteiger partial charge < -0.3 is 16.0 Å². The first-order valence-electron chi connectivity index (χ1n) is 9.53. The van der Waals surface area contributed by atoms with Crippen LogP contribution in [0.5, 0.6) is 0 Å². The lowest BCUT2D eigenvalue weighted by Crippen LogP contribution is -2.08. The van der Waals surface area contributed by atoms with Gasteiger partial charge in [-0.2, -0.15) is 0 Å². The lowest BCUT2D eigenvalue weighted by Gasteiger charge is -2.08. The number of nitrogens with two attached hydrogens (primary N) is 1. The molecule has 0 saturated carbocycles. The molecule has 0 aliphatic heterocycles. The Morgan fingerprint density at radius 2 is 2.12 bits per heavy atom. The quantitative estimate of drug-likeness (QED) is 0.493. The number of hydrogen-bond donors (Lipinski definition) is 3. The van der Waals surface area contributed by atoms with Gasteiger partial charge in [0, 0.05) is 10.9 Å².